The predicted octanol–water partition coefficient (Wildman–Crippen LogP) is 1.56. The van der Waals surface area contributed by atoms with Crippen LogP contribution in [0.15, 0.2) is 16.5 Å². The Morgan fingerprint density at radius 2 is 2.24 bits per heavy atom. The van der Waals surface area contributed by atoms with E-state index in [1.807, 2.05) is 19.1 Å². The van der Waals surface area contributed by atoms with E-state index in [1.165, 1.54) is 0 Å². The van der Waals surface area contributed by atoms with Crippen LogP contribution in [-0.4, -0.2) is 43.7 Å². The number of carbonyl (C=O) groups excluding carboxylic acids is 1. The van der Waals surface area contributed by atoms with Crippen molar-refractivity contribution in [3.05, 3.63) is 23.7 Å². The molecular formula is C16H24N2O3. The molecule has 3 rings (SSSR count). The maximum Gasteiger partial charge on any atom is 0.225 e. The molecule has 0 radical (unpaired) electrons. The van der Waals surface area contributed by atoms with Gasteiger partial charge in [0.1, 0.15) is 11.5 Å². The molecule has 2 aliphatic rings. The molecule has 1 amide bonds. The smallest absolute Gasteiger partial charge is 0.225 e. The third kappa shape index (κ3) is 3.66. The highest BCUT2D eigenvalue weighted by Crippen LogP contribution is 2.27. The van der Waals surface area contributed by atoms with E-state index in [-0.39, 0.29) is 17.7 Å². The van der Waals surface area contributed by atoms with E-state index in [2.05, 4.69) is 10.2 Å². The molecule has 1 N–H and O–H groups in total. The van der Waals surface area contributed by atoms with Crippen molar-refractivity contribution in [3.63, 3.8) is 0 Å². The van der Waals surface area contributed by atoms with Crippen molar-refractivity contribution >= 4 is 5.91 Å². The SMILES string of the molecule is COC[C@@H]1CN(Cc2ccc(C)o2)C[C@H]1C(=O)NC1CC1. The number of rotatable bonds is 6. The van der Waals surface area contributed by atoms with Gasteiger partial charge < -0.3 is 14.5 Å². The number of likely N-dealkylation sites (tertiary alicyclic amines) is 1. The van der Waals surface area contributed by atoms with Crippen molar-refractivity contribution in [1.29, 1.82) is 0 Å². The Kier molecular flexibility index (Phi) is 4.31. The van der Waals surface area contributed by atoms with E-state index < -0.39 is 0 Å². The molecule has 1 saturated carbocycles. The molecule has 1 aromatic rings. The van der Waals surface area contributed by atoms with Gasteiger partial charge in [0, 0.05) is 32.2 Å². The Morgan fingerprint density at radius 1 is 1.43 bits per heavy atom. The fourth-order valence-electron chi connectivity index (χ4n) is 3.10. The van der Waals surface area contributed by atoms with Crippen LogP contribution in [0.5, 0.6) is 0 Å². The Labute approximate surface area is 125 Å². The van der Waals surface area contributed by atoms with Crippen LogP contribution in [0, 0.1) is 18.8 Å². The molecule has 2 fully saturated rings. The first-order chi connectivity index (χ1) is 10.2. The van der Waals surface area contributed by atoms with E-state index in [4.69, 9.17) is 9.15 Å². The second kappa shape index (κ2) is 6.20. The zero-order valence-electron chi connectivity index (χ0n) is 12.8. The lowest BCUT2D eigenvalue weighted by Gasteiger charge is -2.16. The molecule has 116 valence electrons. The third-order valence-corrected chi connectivity index (χ3v) is 4.33. The quantitative estimate of drug-likeness (QED) is 0.864. The van der Waals surface area contributed by atoms with Crippen molar-refractivity contribution < 1.29 is 13.9 Å². The number of furan rings is 1. The Morgan fingerprint density at radius 3 is 2.86 bits per heavy atom. The van der Waals surface area contributed by atoms with Crippen molar-refractivity contribution in [1.82, 2.24) is 10.2 Å². The van der Waals surface area contributed by atoms with E-state index >= 15 is 0 Å². The normalized spacial score (nSPS) is 26.2. The average molecular weight is 292 g/mol. The lowest BCUT2D eigenvalue weighted by Crippen LogP contribution is -2.37. The summed E-state index contributed by atoms with van der Waals surface area (Å²) in [6.45, 7) is 5.02. The number of ether oxygens (including phenoxy) is 1. The molecule has 5 nitrogen and oxygen atoms in total. The number of methoxy groups -OCH3 is 1. The minimum absolute atomic E-state index is 0.0293. The lowest BCUT2D eigenvalue weighted by atomic mass is 9.96. The summed E-state index contributed by atoms with van der Waals surface area (Å²) in [5.41, 5.74) is 0. The second-order valence-electron chi connectivity index (χ2n) is 6.31. The van der Waals surface area contributed by atoms with Crippen LogP contribution in [0.4, 0.5) is 0 Å². The molecule has 2 atom stereocenters. The standard InChI is InChI=1S/C16H24N2O3/c1-11-3-6-14(21-11)8-18-7-12(10-20-2)15(9-18)16(19)17-13-4-5-13/h3,6,12-13,15H,4-5,7-10H2,1-2H3,(H,17,19)/t12-,15+/m0/s1. The number of aryl methyl sites for hydroxylation is 1. The molecular weight excluding hydrogens is 268 g/mol. The van der Waals surface area contributed by atoms with Crippen LogP contribution < -0.4 is 5.32 Å². The van der Waals surface area contributed by atoms with Gasteiger partial charge in [-0.25, -0.2) is 0 Å². The fraction of sp³-hybridized carbons (Fsp3) is 0.688. The van der Waals surface area contributed by atoms with Gasteiger partial charge in [-0.05, 0) is 31.9 Å². The molecule has 0 unspecified atom stereocenters. The van der Waals surface area contributed by atoms with Gasteiger partial charge in [0.25, 0.3) is 0 Å². The molecule has 21 heavy (non-hydrogen) atoms. The molecule has 5 heteroatoms. The first kappa shape index (κ1) is 14.6. The highest BCUT2D eigenvalue weighted by Gasteiger charge is 2.39. The summed E-state index contributed by atoms with van der Waals surface area (Å²) in [6, 6.07) is 4.41. The van der Waals surface area contributed by atoms with Crippen LogP contribution in [0.2, 0.25) is 0 Å². The summed E-state index contributed by atoms with van der Waals surface area (Å²) in [5, 5.41) is 3.13. The van der Waals surface area contributed by atoms with Gasteiger partial charge in [-0.2, -0.15) is 0 Å². The van der Waals surface area contributed by atoms with Gasteiger partial charge in [0.2, 0.25) is 5.91 Å². The van der Waals surface area contributed by atoms with Gasteiger partial charge in [0.15, 0.2) is 0 Å². The molecule has 2 heterocycles. The number of nitrogens with zero attached hydrogens (tertiary/aromatic N) is 1. The maximum absolute atomic E-state index is 12.4. The first-order valence-electron chi connectivity index (χ1n) is 7.72. The number of carbonyl (C=O) groups is 1. The lowest BCUT2D eigenvalue weighted by molar-refractivity contribution is -0.126. The Balaban J connectivity index is 1.60. The van der Waals surface area contributed by atoms with Gasteiger partial charge in [-0.3, -0.25) is 9.69 Å². The summed E-state index contributed by atoms with van der Waals surface area (Å²) in [6.07, 6.45) is 2.26. The summed E-state index contributed by atoms with van der Waals surface area (Å²) < 4.78 is 10.9. The molecule has 0 aromatic carbocycles. The maximum atomic E-state index is 12.4. The van der Waals surface area contributed by atoms with E-state index in [0.29, 0.717) is 12.6 Å². The van der Waals surface area contributed by atoms with Crippen molar-refractivity contribution in [3.8, 4) is 0 Å². The monoisotopic (exact) mass is 292 g/mol. The highest BCUT2D eigenvalue weighted by atomic mass is 16.5. The van der Waals surface area contributed by atoms with Crippen LogP contribution in [0.1, 0.15) is 24.4 Å². The molecule has 1 aromatic heterocycles. The molecule has 1 saturated heterocycles. The van der Waals surface area contributed by atoms with Gasteiger partial charge in [0.05, 0.1) is 19.1 Å². The zero-order chi connectivity index (χ0) is 14.8. The minimum Gasteiger partial charge on any atom is -0.465 e. The van der Waals surface area contributed by atoms with E-state index in [1.54, 1.807) is 7.11 Å². The first-order valence-corrected chi connectivity index (χ1v) is 7.72. The van der Waals surface area contributed by atoms with E-state index in [0.717, 1.165) is 44.0 Å². The van der Waals surface area contributed by atoms with Gasteiger partial charge >= 0.3 is 0 Å². The van der Waals surface area contributed by atoms with Crippen LogP contribution in [-0.2, 0) is 16.1 Å². The Hall–Kier alpha value is -1.33. The van der Waals surface area contributed by atoms with Gasteiger partial charge in [-0.15, -0.1) is 0 Å². The molecule has 1 aliphatic heterocycles. The topological polar surface area (TPSA) is 54.7 Å². The largest absolute Gasteiger partial charge is 0.465 e. The number of nitrogens with one attached hydrogen (secondary N) is 1. The average Bonchev–Trinajstić information content (AvgIpc) is 3.02. The van der Waals surface area contributed by atoms with Crippen LogP contribution >= 0.6 is 0 Å². The van der Waals surface area contributed by atoms with Crippen molar-refractivity contribution in [2.75, 3.05) is 26.8 Å². The summed E-state index contributed by atoms with van der Waals surface area (Å²) >= 11 is 0. The third-order valence-electron chi connectivity index (χ3n) is 4.33. The van der Waals surface area contributed by atoms with Gasteiger partial charge in [-0.1, -0.05) is 0 Å². The summed E-state index contributed by atoms with van der Waals surface area (Å²) in [4.78, 5) is 14.7. The summed E-state index contributed by atoms with van der Waals surface area (Å²) in [7, 11) is 1.70. The van der Waals surface area contributed by atoms with Crippen molar-refractivity contribution in [2.24, 2.45) is 11.8 Å². The molecule has 0 bridgehead atoms. The van der Waals surface area contributed by atoms with Crippen LogP contribution in [0.25, 0.3) is 0 Å². The molecule has 1 aliphatic carbocycles. The molecule has 0 spiro atoms. The summed E-state index contributed by atoms with van der Waals surface area (Å²) in [5.74, 6) is 2.39. The zero-order valence-corrected chi connectivity index (χ0v) is 12.8. The van der Waals surface area contributed by atoms with Crippen molar-refractivity contribution in [2.45, 2.75) is 32.4 Å². The minimum atomic E-state index is 0.0293. The Bertz CT molecular complexity index is 495. The number of amides is 1. The van der Waals surface area contributed by atoms with Crippen LogP contribution in [0.3, 0.4) is 0 Å². The second-order valence-corrected chi connectivity index (χ2v) is 6.31. The number of hydrogen-bond acceptors (Lipinski definition) is 4. The fourth-order valence-corrected chi connectivity index (χ4v) is 3.10. The number of hydrogen-bond donors (Lipinski definition) is 1. The van der Waals surface area contributed by atoms with E-state index in [9.17, 15) is 4.79 Å². The predicted molar refractivity (Wildman–Crippen MR) is 78.7 cm³/mol. The highest BCUT2D eigenvalue weighted by molar-refractivity contribution is 5.80.